The van der Waals surface area contributed by atoms with Gasteiger partial charge >= 0.3 is 7.12 Å². The van der Waals surface area contributed by atoms with E-state index in [1.165, 1.54) is 12.1 Å². The fraction of sp³-hybridized carbons (Fsp3) is 0.455. The Morgan fingerprint density at radius 3 is 1.94 bits per heavy atom. The van der Waals surface area contributed by atoms with Crippen LogP contribution in [0.5, 0.6) is 0 Å². The Bertz CT molecular complexity index is 517. The number of benzene rings is 1. The molecule has 0 aliphatic heterocycles. The first-order valence-electron chi connectivity index (χ1n) is 5.64. The molecule has 3 N–H and O–H groups in total. The van der Waals surface area contributed by atoms with Crippen LogP contribution in [-0.2, 0) is 10.0 Å². The second-order valence-corrected chi connectivity index (χ2v) is 6.28. The second kappa shape index (κ2) is 5.40. The highest BCUT2D eigenvalue weighted by atomic mass is 32.2. The molecule has 0 saturated carbocycles. The molecule has 0 aliphatic carbocycles. The molecule has 0 bridgehead atoms. The molecule has 5 nitrogen and oxygen atoms in total. The van der Waals surface area contributed by atoms with Gasteiger partial charge in [0.2, 0.25) is 10.0 Å². The van der Waals surface area contributed by atoms with Gasteiger partial charge in [-0.3, -0.25) is 0 Å². The van der Waals surface area contributed by atoms with Gasteiger partial charge in [0.1, 0.15) is 0 Å². The summed E-state index contributed by atoms with van der Waals surface area (Å²) in [4.78, 5) is 0.195. The fourth-order valence-corrected chi connectivity index (χ4v) is 3.63. The van der Waals surface area contributed by atoms with Crippen LogP contribution in [0.15, 0.2) is 17.0 Å². The minimum atomic E-state index is -3.58. The average Bonchev–Trinajstić information content (AvgIpc) is 2.12. The van der Waals surface area contributed by atoms with Crippen molar-refractivity contribution in [2.45, 2.75) is 38.6 Å². The summed E-state index contributed by atoms with van der Waals surface area (Å²) in [5.74, 6) is 0. The number of rotatable bonds is 4. The van der Waals surface area contributed by atoms with E-state index in [1.807, 2.05) is 0 Å². The summed E-state index contributed by atoms with van der Waals surface area (Å²) in [6.07, 6.45) is 0. The molecule has 0 amide bonds. The highest BCUT2D eigenvalue weighted by Crippen LogP contribution is 2.19. The van der Waals surface area contributed by atoms with Crippen LogP contribution in [0.1, 0.15) is 25.0 Å². The average molecular weight is 271 g/mol. The molecule has 1 aromatic carbocycles. The Hall–Kier alpha value is -0.885. The first-order chi connectivity index (χ1) is 8.15. The predicted molar refractivity (Wildman–Crippen MR) is 71.2 cm³/mol. The van der Waals surface area contributed by atoms with E-state index in [2.05, 4.69) is 4.72 Å². The van der Waals surface area contributed by atoms with Crippen molar-refractivity contribution in [2.75, 3.05) is 0 Å². The molecule has 0 aromatic heterocycles. The van der Waals surface area contributed by atoms with E-state index in [1.54, 1.807) is 27.7 Å². The zero-order valence-electron chi connectivity index (χ0n) is 10.9. The maximum absolute atomic E-state index is 12.1. The van der Waals surface area contributed by atoms with Crippen LogP contribution in [0.3, 0.4) is 0 Å². The maximum atomic E-state index is 12.1. The largest absolute Gasteiger partial charge is 0.488 e. The van der Waals surface area contributed by atoms with Crippen LogP contribution < -0.4 is 10.2 Å². The number of sulfonamides is 1. The van der Waals surface area contributed by atoms with Gasteiger partial charge in [-0.1, -0.05) is 12.1 Å². The lowest BCUT2D eigenvalue weighted by molar-refractivity contribution is 0.425. The molecule has 0 saturated heterocycles. The third-order valence-corrected chi connectivity index (χ3v) is 4.40. The van der Waals surface area contributed by atoms with E-state index >= 15 is 0 Å². The van der Waals surface area contributed by atoms with Crippen LogP contribution in [0, 0.1) is 13.8 Å². The molecular formula is C11H18BNO4S. The number of aryl methyl sites for hydroxylation is 2. The zero-order chi connectivity index (χ0) is 14.1. The lowest BCUT2D eigenvalue weighted by Crippen LogP contribution is -2.34. The summed E-state index contributed by atoms with van der Waals surface area (Å²) in [5.41, 5.74) is 1.27. The number of hydrogen-bond acceptors (Lipinski definition) is 4. The van der Waals surface area contributed by atoms with E-state index in [0.717, 1.165) is 0 Å². The maximum Gasteiger partial charge on any atom is 0.488 e. The van der Waals surface area contributed by atoms with Crippen molar-refractivity contribution < 1.29 is 18.5 Å². The summed E-state index contributed by atoms with van der Waals surface area (Å²) >= 11 is 0. The van der Waals surface area contributed by atoms with Crippen molar-refractivity contribution in [3.8, 4) is 0 Å². The minimum Gasteiger partial charge on any atom is -0.423 e. The van der Waals surface area contributed by atoms with Crippen LogP contribution in [0.2, 0.25) is 0 Å². The Kier molecular flexibility index (Phi) is 4.55. The molecule has 0 atom stereocenters. The summed E-state index contributed by atoms with van der Waals surface area (Å²) in [7, 11) is -5.18. The van der Waals surface area contributed by atoms with Gasteiger partial charge in [-0.2, -0.15) is 0 Å². The SMILES string of the molecule is Cc1cc(B(O)O)cc(C)c1S(=O)(=O)NC(C)C. The van der Waals surface area contributed by atoms with Crippen molar-refractivity contribution in [2.24, 2.45) is 0 Å². The quantitative estimate of drug-likeness (QED) is 0.654. The highest BCUT2D eigenvalue weighted by molar-refractivity contribution is 7.89. The third kappa shape index (κ3) is 3.32. The zero-order valence-corrected chi connectivity index (χ0v) is 11.7. The van der Waals surface area contributed by atoms with Crippen molar-refractivity contribution in [3.05, 3.63) is 23.3 Å². The molecule has 0 heterocycles. The molecule has 0 aliphatic rings. The first kappa shape index (κ1) is 15.2. The number of nitrogens with one attached hydrogen (secondary N) is 1. The molecule has 18 heavy (non-hydrogen) atoms. The molecule has 0 spiro atoms. The van der Waals surface area contributed by atoms with E-state index in [-0.39, 0.29) is 16.4 Å². The van der Waals surface area contributed by atoms with Crippen LogP contribution in [0.25, 0.3) is 0 Å². The van der Waals surface area contributed by atoms with Gasteiger partial charge < -0.3 is 10.0 Å². The molecule has 100 valence electrons. The van der Waals surface area contributed by atoms with Gasteiger partial charge in [0.25, 0.3) is 0 Å². The standard InChI is InChI=1S/C11H18BNO4S/c1-7(2)13-18(16,17)11-8(3)5-10(12(14)15)6-9(11)4/h5-7,13-15H,1-4H3. The van der Waals surface area contributed by atoms with Crippen LogP contribution >= 0.6 is 0 Å². The Morgan fingerprint density at radius 2 is 1.61 bits per heavy atom. The lowest BCUT2D eigenvalue weighted by atomic mass is 9.79. The van der Waals surface area contributed by atoms with Crippen molar-refractivity contribution >= 4 is 22.6 Å². The monoisotopic (exact) mass is 271 g/mol. The number of hydrogen-bond donors (Lipinski definition) is 3. The van der Waals surface area contributed by atoms with E-state index in [4.69, 9.17) is 10.0 Å². The van der Waals surface area contributed by atoms with E-state index in [0.29, 0.717) is 11.1 Å². The Balaban J connectivity index is 3.35. The molecule has 0 fully saturated rings. The second-order valence-electron chi connectivity index (χ2n) is 4.63. The Labute approximate surface area is 108 Å². The molecule has 1 rings (SSSR count). The van der Waals surface area contributed by atoms with E-state index in [9.17, 15) is 8.42 Å². The molecule has 7 heteroatoms. The van der Waals surface area contributed by atoms with Gasteiger partial charge in [0.15, 0.2) is 0 Å². The first-order valence-corrected chi connectivity index (χ1v) is 7.13. The van der Waals surface area contributed by atoms with Crippen molar-refractivity contribution in [1.82, 2.24) is 4.72 Å². The third-order valence-electron chi connectivity index (χ3n) is 2.44. The summed E-state index contributed by atoms with van der Waals surface area (Å²) in [5, 5.41) is 18.2. The van der Waals surface area contributed by atoms with Crippen LogP contribution in [0.4, 0.5) is 0 Å². The van der Waals surface area contributed by atoms with Crippen molar-refractivity contribution in [1.29, 1.82) is 0 Å². The smallest absolute Gasteiger partial charge is 0.423 e. The summed E-state index contributed by atoms with van der Waals surface area (Å²) in [6.45, 7) is 6.75. The molecular weight excluding hydrogens is 253 g/mol. The fourth-order valence-electron chi connectivity index (χ4n) is 1.93. The lowest BCUT2D eigenvalue weighted by Gasteiger charge is -2.15. The van der Waals surface area contributed by atoms with E-state index < -0.39 is 17.1 Å². The van der Waals surface area contributed by atoms with Crippen LogP contribution in [-0.4, -0.2) is 31.6 Å². The van der Waals surface area contributed by atoms with Gasteiger partial charge in [-0.05, 0) is 44.3 Å². The molecule has 0 unspecified atom stereocenters. The summed E-state index contributed by atoms with van der Waals surface area (Å²) < 4.78 is 26.8. The van der Waals surface area contributed by atoms with Gasteiger partial charge in [-0.25, -0.2) is 13.1 Å². The van der Waals surface area contributed by atoms with Crippen molar-refractivity contribution in [3.63, 3.8) is 0 Å². The van der Waals surface area contributed by atoms with Gasteiger partial charge in [0, 0.05) is 6.04 Å². The highest BCUT2D eigenvalue weighted by Gasteiger charge is 2.23. The topological polar surface area (TPSA) is 86.6 Å². The normalized spacial score (nSPS) is 11.9. The van der Waals surface area contributed by atoms with Gasteiger partial charge in [-0.15, -0.1) is 0 Å². The van der Waals surface area contributed by atoms with Gasteiger partial charge in [0.05, 0.1) is 4.90 Å². The Morgan fingerprint density at radius 1 is 1.17 bits per heavy atom. The minimum absolute atomic E-state index is 0.195. The summed E-state index contributed by atoms with van der Waals surface area (Å²) in [6, 6.07) is 2.73. The molecule has 0 radical (unpaired) electrons. The molecule has 1 aromatic rings. The predicted octanol–water partition coefficient (Wildman–Crippen LogP) is -0.330.